The van der Waals surface area contributed by atoms with Crippen molar-refractivity contribution in [2.75, 3.05) is 32.1 Å². The van der Waals surface area contributed by atoms with E-state index in [2.05, 4.69) is 34.1 Å². The van der Waals surface area contributed by atoms with Crippen molar-refractivity contribution in [1.29, 1.82) is 0 Å². The van der Waals surface area contributed by atoms with Crippen LogP contribution in [0.4, 0.5) is 9.80 Å². The van der Waals surface area contributed by atoms with Crippen LogP contribution in [0.15, 0.2) is 29.2 Å². The molecule has 2 N–H and O–H groups in total. The van der Waals surface area contributed by atoms with E-state index in [9.17, 15) is 22.8 Å². The number of nitrogens with zero attached hydrogens (tertiary/aromatic N) is 2. The number of ether oxygens (including phenoxy) is 1. The topological polar surface area (TPSA) is 125 Å². The van der Waals surface area contributed by atoms with Crippen molar-refractivity contribution in [3.8, 4) is 0 Å². The van der Waals surface area contributed by atoms with E-state index >= 15 is 0 Å². The Morgan fingerprint density at radius 3 is 2.12 bits per heavy atom. The van der Waals surface area contributed by atoms with E-state index in [0.29, 0.717) is 37.1 Å². The van der Waals surface area contributed by atoms with E-state index in [-0.39, 0.29) is 27.9 Å². The van der Waals surface area contributed by atoms with Gasteiger partial charge in [-0.25, -0.2) is 13.2 Å². The fourth-order valence-electron chi connectivity index (χ4n) is 4.59. The van der Waals surface area contributed by atoms with Crippen LogP contribution in [0.25, 0.3) is 0 Å². The number of imide groups is 1. The number of sulfonamides is 1. The van der Waals surface area contributed by atoms with E-state index in [1.807, 2.05) is 27.7 Å². The van der Waals surface area contributed by atoms with Crippen LogP contribution in [0.3, 0.4) is 0 Å². The molecular weight excluding hydrogens is 552 g/mol. The van der Waals surface area contributed by atoms with Crippen molar-refractivity contribution in [2.24, 2.45) is 11.8 Å². The molecule has 1 aliphatic rings. The average Bonchev–Trinajstić information content (AvgIpc) is 3.24. The van der Waals surface area contributed by atoms with Crippen LogP contribution in [-0.2, 0) is 27.7 Å². The Kier molecular flexibility index (Phi) is 10.5. The maximum Gasteiger partial charge on any atom is 0.413 e. The predicted molar refractivity (Wildman–Crippen MR) is 156 cm³/mol. The molecule has 0 aliphatic carbocycles. The molecule has 40 heavy (non-hydrogen) atoms. The lowest BCUT2D eigenvalue weighted by molar-refractivity contribution is 0.0936. The lowest BCUT2D eigenvalue weighted by atomic mass is 10.0. The highest BCUT2D eigenvalue weighted by Crippen LogP contribution is 2.38. The summed E-state index contributed by atoms with van der Waals surface area (Å²) in [6.07, 6.45) is -0.290. The first-order valence-electron chi connectivity index (χ1n) is 13.4. The first-order valence-corrected chi connectivity index (χ1v) is 15.7. The number of fused-ring (bicyclic) bond motifs is 1. The zero-order chi connectivity index (χ0) is 29.8. The summed E-state index contributed by atoms with van der Waals surface area (Å²) < 4.78 is 32.7. The van der Waals surface area contributed by atoms with Crippen molar-refractivity contribution in [2.45, 2.75) is 65.4 Å². The van der Waals surface area contributed by atoms with E-state index in [1.54, 1.807) is 0 Å². The molecule has 12 heteroatoms. The van der Waals surface area contributed by atoms with Crippen molar-refractivity contribution >= 4 is 44.3 Å². The van der Waals surface area contributed by atoms with Gasteiger partial charge in [-0.3, -0.25) is 19.8 Å². The van der Waals surface area contributed by atoms with Crippen molar-refractivity contribution in [1.82, 2.24) is 14.5 Å². The average molecular weight is 593 g/mol. The first-order chi connectivity index (χ1) is 18.7. The molecule has 1 aromatic carbocycles. The van der Waals surface area contributed by atoms with Gasteiger partial charge in [0.2, 0.25) is 10.0 Å². The van der Waals surface area contributed by atoms with E-state index < -0.39 is 27.9 Å². The number of carbonyl (C=O) groups is 3. The summed E-state index contributed by atoms with van der Waals surface area (Å²) in [6, 6.07) is 6.11. The second-order valence-corrected chi connectivity index (χ2v) is 14.1. The summed E-state index contributed by atoms with van der Waals surface area (Å²) in [5.41, 5.74) is 1.29. The van der Waals surface area contributed by atoms with Gasteiger partial charge in [-0.2, -0.15) is 4.31 Å². The predicted octanol–water partition coefficient (Wildman–Crippen LogP) is 4.57. The molecule has 1 aromatic heterocycles. The van der Waals surface area contributed by atoms with Gasteiger partial charge in [-0.15, -0.1) is 11.3 Å². The largest absolute Gasteiger partial charge is 0.453 e. The zero-order valence-electron chi connectivity index (χ0n) is 24.2. The lowest BCUT2D eigenvalue weighted by Gasteiger charge is -2.30. The number of hydrogen-bond acceptors (Lipinski definition) is 8. The van der Waals surface area contributed by atoms with Crippen LogP contribution in [-0.4, -0.2) is 68.3 Å². The Morgan fingerprint density at radius 1 is 1.00 bits per heavy atom. The highest BCUT2D eigenvalue weighted by Gasteiger charge is 2.31. The van der Waals surface area contributed by atoms with Crippen LogP contribution in [0.1, 0.15) is 72.7 Å². The number of benzene rings is 1. The molecule has 0 radical (unpaired) electrons. The molecule has 0 spiro atoms. The van der Waals surface area contributed by atoms with Gasteiger partial charge in [-0.05, 0) is 61.9 Å². The third kappa shape index (κ3) is 7.48. The van der Waals surface area contributed by atoms with Gasteiger partial charge in [0.25, 0.3) is 11.8 Å². The number of hydrogen-bond donors (Lipinski definition) is 2. The van der Waals surface area contributed by atoms with Gasteiger partial charge in [0, 0.05) is 42.7 Å². The number of nitrogens with one attached hydrogen (secondary N) is 2. The Balaban J connectivity index is 1.88. The van der Waals surface area contributed by atoms with Gasteiger partial charge in [0.05, 0.1) is 17.6 Å². The minimum Gasteiger partial charge on any atom is -0.453 e. The number of rotatable bonds is 10. The second-order valence-electron chi connectivity index (χ2n) is 11.1. The Morgan fingerprint density at radius 2 is 1.60 bits per heavy atom. The number of alkyl carbamates (subject to hydrolysis) is 1. The molecule has 220 valence electrons. The number of carbonyl (C=O) groups excluding carboxylic acids is 3. The SMILES string of the molecule is COC(=O)NC(=O)c1c(NC(=O)c2ccc(S(=O)(=O)N(CC(C)C)CC(C)C)cc2)sc2c1CCN(C(C)C)C2. The molecule has 0 unspecified atom stereocenters. The monoisotopic (exact) mass is 592 g/mol. The molecule has 0 atom stereocenters. The molecule has 1 aliphatic heterocycles. The Hall–Kier alpha value is -2.80. The standard InChI is InChI=1S/C28H40N4O6S2/c1-17(2)14-32(15-18(3)4)40(36,37)21-10-8-20(9-11-21)25(33)29-27-24(26(34)30-28(35)38-7)22-12-13-31(19(5)6)16-23(22)39-27/h8-11,17-19H,12-16H2,1-7H3,(H,29,33)(H,30,34,35). The molecular formula is C28H40N4O6S2. The van der Waals surface area contributed by atoms with Crippen molar-refractivity contribution in [3.63, 3.8) is 0 Å². The van der Waals surface area contributed by atoms with E-state index in [4.69, 9.17) is 0 Å². The summed E-state index contributed by atoms with van der Waals surface area (Å²) in [6.45, 7) is 14.2. The quantitative estimate of drug-likeness (QED) is 0.414. The number of methoxy groups -OCH3 is 1. The highest BCUT2D eigenvalue weighted by molar-refractivity contribution is 7.89. The summed E-state index contributed by atoms with van der Waals surface area (Å²) in [7, 11) is -2.57. The van der Waals surface area contributed by atoms with Gasteiger partial charge >= 0.3 is 6.09 Å². The first kappa shape index (κ1) is 31.7. The molecule has 10 nitrogen and oxygen atoms in total. The maximum atomic E-state index is 13.3. The highest BCUT2D eigenvalue weighted by atomic mass is 32.2. The molecule has 0 bridgehead atoms. The molecule has 3 amide bonds. The fraction of sp³-hybridized carbons (Fsp3) is 0.536. The molecule has 2 heterocycles. The maximum absolute atomic E-state index is 13.3. The number of amides is 3. The summed E-state index contributed by atoms with van der Waals surface area (Å²) in [5, 5.41) is 5.36. The minimum atomic E-state index is -3.74. The van der Waals surface area contributed by atoms with E-state index in [1.165, 1.54) is 47.0 Å². The van der Waals surface area contributed by atoms with Crippen LogP contribution < -0.4 is 10.6 Å². The van der Waals surface area contributed by atoms with Crippen LogP contribution >= 0.6 is 11.3 Å². The minimum absolute atomic E-state index is 0.115. The fourth-order valence-corrected chi connectivity index (χ4v) is 7.62. The smallest absolute Gasteiger partial charge is 0.413 e. The Bertz CT molecular complexity index is 1320. The third-order valence-corrected chi connectivity index (χ3v) is 9.54. The van der Waals surface area contributed by atoms with Crippen LogP contribution in [0.5, 0.6) is 0 Å². The normalized spacial score (nSPS) is 14.1. The lowest BCUT2D eigenvalue weighted by Crippen LogP contribution is -2.37. The van der Waals surface area contributed by atoms with Gasteiger partial charge in [0.1, 0.15) is 5.00 Å². The summed E-state index contributed by atoms with van der Waals surface area (Å²) >= 11 is 1.30. The summed E-state index contributed by atoms with van der Waals surface area (Å²) in [5.74, 6) is -0.812. The second kappa shape index (κ2) is 13.2. The number of thiophene rings is 1. The molecule has 0 saturated carbocycles. The summed E-state index contributed by atoms with van der Waals surface area (Å²) in [4.78, 5) is 41.4. The van der Waals surface area contributed by atoms with Gasteiger partial charge < -0.3 is 10.1 Å². The zero-order valence-corrected chi connectivity index (χ0v) is 25.9. The molecule has 0 saturated heterocycles. The molecule has 2 aromatic rings. The van der Waals surface area contributed by atoms with Crippen LogP contribution in [0, 0.1) is 11.8 Å². The van der Waals surface area contributed by atoms with Gasteiger partial charge in [-0.1, -0.05) is 27.7 Å². The molecule has 3 rings (SSSR count). The third-order valence-electron chi connectivity index (χ3n) is 6.56. The van der Waals surface area contributed by atoms with E-state index in [0.717, 1.165) is 17.0 Å². The van der Waals surface area contributed by atoms with Gasteiger partial charge in [0.15, 0.2) is 0 Å². The molecule has 0 fully saturated rings. The van der Waals surface area contributed by atoms with Crippen molar-refractivity contribution < 1.29 is 27.5 Å². The van der Waals surface area contributed by atoms with Crippen LogP contribution in [0.2, 0.25) is 0 Å². The number of anilines is 1. The Labute approximate surface area is 241 Å². The van der Waals surface area contributed by atoms with Crippen molar-refractivity contribution in [3.05, 3.63) is 45.8 Å².